The number of aliphatic hydroxyl groups excluding tert-OH is 1. The Labute approximate surface area is 131 Å². The minimum absolute atomic E-state index is 0.289. The number of benzene rings is 2. The molecule has 0 spiro atoms. The molecule has 0 saturated heterocycles. The first-order chi connectivity index (χ1) is 10.1. The van der Waals surface area contributed by atoms with Crippen molar-refractivity contribution >= 4 is 15.9 Å². The highest BCUT2D eigenvalue weighted by molar-refractivity contribution is 9.10. The maximum Gasteiger partial charge on any atom is 0.123 e. The van der Waals surface area contributed by atoms with Gasteiger partial charge in [0.1, 0.15) is 5.82 Å². The molecule has 2 rings (SSSR count). The van der Waals surface area contributed by atoms with Crippen LogP contribution in [0.15, 0.2) is 46.9 Å². The van der Waals surface area contributed by atoms with Crippen LogP contribution in [0, 0.1) is 17.1 Å². The summed E-state index contributed by atoms with van der Waals surface area (Å²) in [4.78, 5) is 0. The lowest BCUT2D eigenvalue weighted by molar-refractivity contribution is 0.174. The second-order valence-corrected chi connectivity index (χ2v) is 5.47. The van der Waals surface area contributed by atoms with E-state index < -0.39 is 6.10 Å². The highest BCUT2D eigenvalue weighted by atomic mass is 79.9. The van der Waals surface area contributed by atoms with Crippen molar-refractivity contribution in [3.63, 3.8) is 0 Å². The average Bonchev–Trinajstić information content (AvgIpc) is 2.50. The van der Waals surface area contributed by atoms with E-state index in [-0.39, 0.29) is 5.82 Å². The summed E-state index contributed by atoms with van der Waals surface area (Å²) in [7, 11) is 0. The van der Waals surface area contributed by atoms with E-state index in [1.54, 1.807) is 30.3 Å². The molecule has 21 heavy (non-hydrogen) atoms. The predicted molar refractivity (Wildman–Crippen MR) is 81.9 cm³/mol. The Hall–Kier alpha value is -1.74. The van der Waals surface area contributed by atoms with Crippen LogP contribution in [0.2, 0.25) is 0 Å². The topological polar surface area (TPSA) is 56.0 Å². The van der Waals surface area contributed by atoms with E-state index in [9.17, 15) is 9.50 Å². The Kier molecular flexibility index (Phi) is 5.45. The summed E-state index contributed by atoms with van der Waals surface area (Å²) in [5, 5.41) is 21.9. The molecule has 0 aromatic heterocycles. The first kappa shape index (κ1) is 15.6. The molecule has 108 valence electrons. The molecular formula is C16H14BrFN2O. The average molecular weight is 349 g/mol. The smallest absolute Gasteiger partial charge is 0.123 e. The van der Waals surface area contributed by atoms with Crippen molar-refractivity contribution in [2.75, 3.05) is 6.54 Å². The lowest BCUT2D eigenvalue weighted by Gasteiger charge is -2.13. The number of hydrogen-bond donors (Lipinski definition) is 2. The molecular weight excluding hydrogens is 335 g/mol. The number of aliphatic hydroxyl groups is 1. The fraction of sp³-hybridized carbons (Fsp3) is 0.188. The van der Waals surface area contributed by atoms with E-state index in [0.717, 1.165) is 15.6 Å². The second-order valence-electron chi connectivity index (χ2n) is 4.62. The molecule has 0 aliphatic rings. The molecule has 0 amide bonds. The number of nitriles is 1. The van der Waals surface area contributed by atoms with Gasteiger partial charge < -0.3 is 10.4 Å². The minimum atomic E-state index is -0.676. The molecule has 5 heteroatoms. The van der Waals surface area contributed by atoms with Gasteiger partial charge >= 0.3 is 0 Å². The first-order valence-corrected chi connectivity index (χ1v) is 7.22. The van der Waals surface area contributed by atoms with E-state index in [4.69, 9.17) is 5.26 Å². The molecule has 3 nitrogen and oxygen atoms in total. The van der Waals surface area contributed by atoms with Crippen molar-refractivity contribution in [2.45, 2.75) is 12.6 Å². The van der Waals surface area contributed by atoms with Gasteiger partial charge in [0.2, 0.25) is 0 Å². The van der Waals surface area contributed by atoms with Gasteiger partial charge in [0.15, 0.2) is 0 Å². The van der Waals surface area contributed by atoms with Crippen LogP contribution in [0.5, 0.6) is 0 Å². The summed E-state index contributed by atoms with van der Waals surface area (Å²) >= 11 is 3.36. The van der Waals surface area contributed by atoms with Crippen molar-refractivity contribution in [2.24, 2.45) is 0 Å². The van der Waals surface area contributed by atoms with Crippen LogP contribution < -0.4 is 5.32 Å². The Morgan fingerprint density at radius 1 is 1.24 bits per heavy atom. The quantitative estimate of drug-likeness (QED) is 0.871. The van der Waals surface area contributed by atoms with Crippen molar-refractivity contribution < 1.29 is 9.50 Å². The zero-order valence-electron chi connectivity index (χ0n) is 11.2. The van der Waals surface area contributed by atoms with Crippen molar-refractivity contribution in [3.8, 4) is 6.07 Å². The number of nitrogens with zero attached hydrogens (tertiary/aromatic N) is 1. The zero-order valence-corrected chi connectivity index (χ0v) is 12.8. The van der Waals surface area contributed by atoms with Gasteiger partial charge in [0, 0.05) is 17.6 Å². The van der Waals surface area contributed by atoms with Crippen LogP contribution in [0.4, 0.5) is 4.39 Å². The van der Waals surface area contributed by atoms with Gasteiger partial charge in [-0.1, -0.05) is 28.1 Å². The Morgan fingerprint density at radius 2 is 1.95 bits per heavy atom. The number of halogens is 2. The largest absolute Gasteiger partial charge is 0.387 e. The SMILES string of the molecule is N#Cc1ccc(C(O)CNCc2cc(F)ccc2Br)cc1. The van der Waals surface area contributed by atoms with Gasteiger partial charge in [-0.15, -0.1) is 0 Å². The van der Waals surface area contributed by atoms with E-state index in [1.807, 2.05) is 6.07 Å². The van der Waals surface area contributed by atoms with Crippen LogP contribution in [-0.4, -0.2) is 11.7 Å². The third kappa shape index (κ3) is 4.36. The second kappa shape index (κ2) is 7.32. The van der Waals surface area contributed by atoms with E-state index in [0.29, 0.717) is 18.7 Å². The highest BCUT2D eigenvalue weighted by Crippen LogP contribution is 2.18. The van der Waals surface area contributed by atoms with Crippen LogP contribution >= 0.6 is 15.9 Å². The lowest BCUT2D eigenvalue weighted by Crippen LogP contribution is -2.21. The molecule has 2 aromatic carbocycles. The van der Waals surface area contributed by atoms with Crippen molar-refractivity contribution in [1.29, 1.82) is 5.26 Å². The van der Waals surface area contributed by atoms with E-state index in [1.165, 1.54) is 12.1 Å². The number of nitrogens with one attached hydrogen (secondary N) is 1. The van der Waals surface area contributed by atoms with Gasteiger partial charge in [-0.05, 0) is 41.5 Å². The summed E-state index contributed by atoms with van der Waals surface area (Å²) in [6, 6.07) is 13.3. The van der Waals surface area contributed by atoms with Gasteiger partial charge in [0.05, 0.1) is 17.7 Å². The van der Waals surface area contributed by atoms with Crippen LogP contribution in [0.3, 0.4) is 0 Å². The fourth-order valence-electron chi connectivity index (χ4n) is 1.92. The van der Waals surface area contributed by atoms with Crippen LogP contribution in [-0.2, 0) is 6.54 Å². The molecule has 0 aliphatic heterocycles. The Balaban J connectivity index is 1.90. The molecule has 0 fully saturated rings. The molecule has 0 heterocycles. The predicted octanol–water partition coefficient (Wildman–Crippen LogP) is 3.28. The maximum absolute atomic E-state index is 13.1. The first-order valence-electron chi connectivity index (χ1n) is 6.43. The zero-order chi connectivity index (χ0) is 15.2. The normalized spacial score (nSPS) is 11.9. The molecule has 2 aromatic rings. The molecule has 0 radical (unpaired) electrons. The maximum atomic E-state index is 13.1. The van der Waals surface area contributed by atoms with Gasteiger partial charge in [-0.2, -0.15) is 5.26 Å². The molecule has 0 saturated carbocycles. The Morgan fingerprint density at radius 3 is 2.62 bits per heavy atom. The molecule has 1 atom stereocenters. The van der Waals surface area contributed by atoms with E-state index >= 15 is 0 Å². The fourth-order valence-corrected chi connectivity index (χ4v) is 2.31. The van der Waals surface area contributed by atoms with Gasteiger partial charge in [0.25, 0.3) is 0 Å². The summed E-state index contributed by atoms with van der Waals surface area (Å²) in [6.45, 7) is 0.792. The third-order valence-electron chi connectivity index (χ3n) is 3.09. The highest BCUT2D eigenvalue weighted by Gasteiger charge is 2.08. The van der Waals surface area contributed by atoms with Crippen molar-refractivity contribution in [3.05, 3.63) is 69.4 Å². The Bertz CT molecular complexity index is 652. The summed E-state index contributed by atoms with van der Waals surface area (Å²) in [5.74, 6) is -0.289. The standard InChI is InChI=1S/C16H14BrFN2O/c17-15-6-5-14(18)7-13(15)9-20-10-16(21)12-3-1-11(8-19)2-4-12/h1-7,16,20-21H,9-10H2. The number of hydrogen-bond acceptors (Lipinski definition) is 3. The monoisotopic (exact) mass is 348 g/mol. The molecule has 1 unspecified atom stereocenters. The van der Waals surface area contributed by atoms with Crippen LogP contribution in [0.25, 0.3) is 0 Å². The van der Waals surface area contributed by atoms with Gasteiger partial charge in [-0.25, -0.2) is 4.39 Å². The summed E-state index contributed by atoms with van der Waals surface area (Å²) in [5.41, 5.74) is 2.09. The molecule has 0 aliphatic carbocycles. The van der Waals surface area contributed by atoms with Crippen LogP contribution in [0.1, 0.15) is 22.8 Å². The van der Waals surface area contributed by atoms with Crippen molar-refractivity contribution in [1.82, 2.24) is 5.32 Å². The summed E-state index contributed by atoms with van der Waals surface area (Å²) in [6.07, 6.45) is -0.676. The molecule has 2 N–H and O–H groups in total. The van der Waals surface area contributed by atoms with Gasteiger partial charge in [-0.3, -0.25) is 0 Å². The number of rotatable bonds is 5. The lowest BCUT2D eigenvalue weighted by atomic mass is 10.1. The third-order valence-corrected chi connectivity index (χ3v) is 3.86. The van der Waals surface area contributed by atoms with E-state index in [2.05, 4.69) is 21.2 Å². The minimum Gasteiger partial charge on any atom is -0.387 e. The summed E-state index contributed by atoms with van der Waals surface area (Å²) < 4.78 is 14.0. The molecule has 0 bridgehead atoms.